The van der Waals surface area contributed by atoms with Crippen LogP contribution in [0.2, 0.25) is 0 Å². The molecule has 0 aliphatic heterocycles. The van der Waals surface area contributed by atoms with Crippen molar-refractivity contribution in [2.24, 2.45) is 0 Å². The number of methoxy groups -OCH3 is 1. The van der Waals surface area contributed by atoms with Gasteiger partial charge in [0.05, 0.1) is 30.9 Å². The van der Waals surface area contributed by atoms with Gasteiger partial charge in [-0.25, -0.2) is 4.79 Å². The lowest BCUT2D eigenvalue weighted by molar-refractivity contribution is -0.137. The van der Waals surface area contributed by atoms with Crippen LogP contribution in [0.1, 0.15) is 92.0 Å². The fourth-order valence-corrected chi connectivity index (χ4v) is 4.19. The summed E-state index contributed by atoms with van der Waals surface area (Å²) < 4.78 is 10.2. The maximum atomic E-state index is 12.3. The van der Waals surface area contributed by atoms with Crippen LogP contribution in [-0.4, -0.2) is 52.7 Å². The largest absolute Gasteiger partial charge is 0.507 e. The van der Waals surface area contributed by atoms with E-state index in [1.54, 1.807) is 19.3 Å². The molecule has 42 heavy (non-hydrogen) atoms. The highest BCUT2D eigenvalue weighted by molar-refractivity contribution is 6.26. The minimum atomic E-state index is -1.13. The molecule has 0 fully saturated rings. The number of rotatable bonds is 13. The summed E-state index contributed by atoms with van der Waals surface area (Å²) in [5.74, 6) is -1.48. The van der Waals surface area contributed by atoms with Crippen LogP contribution < -0.4 is 4.74 Å². The number of unbranched alkanes of at least 4 members (excludes halogenated alkanes) is 5. The van der Waals surface area contributed by atoms with Gasteiger partial charge in [-0.3, -0.25) is 9.59 Å². The van der Waals surface area contributed by atoms with Gasteiger partial charge < -0.3 is 24.8 Å². The van der Waals surface area contributed by atoms with E-state index in [4.69, 9.17) is 9.47 Å². The summed E-state index contributed by atoms with van der Waals surface area (Å²) in [5.41, 5.74) is 1.37. The van der Waals surface area contributed by atoms with Crippen molar-refractivity contribution in [1.82, 2.24) is 0 Å². The molecule has 0 aromatic heterocycles. The first-order chi connectivity index (χ1) is 20.1. The Bertz CT molecular complexity index is 1300. The Morgan fingerprint density at radius 2 is 1.52 bits per heavy atom. The monoisotopic (exact) mass is 578 g/mol. The standard InChI is InChI=1S/C18H26O3.C16H16O5/c1-3-4-5-6-7-8-15-21-18(19)14-11-16-9-12-17(20-2)13-10-16;1-8(2)3-4-10(17)9-7-13(20)14-11(18)5-6-12(19)15(14)16(9)21/h9-14H,3-8,15H2,1-2H3;3,5-7,10,17-19H,4H2,1-2H3. The van der Waals surface area contributed by atoms with Gasteiger partial charge in [0.2, 0.25) is 0 Å². The van der Waals surface area contributed by atoms with Gasteiger partial charge in [0.15, 0.2) is 11.6 Å². The van der Waals surface area contributed by atoms with Gasteiger partial charge in [-0.2, -0.15) is 0 Å². The van der Waals surface area contributed by atoms with Gasteiger partial charge in [0, 0.05) is 11.6 Å². The third kappa shape index (κ3) is 10.7. The van der Waals surface area contributed by atoms with Crippen LogP contribution in [0.3, 0.4) is 0 Å². The number of phenolic OH excluding ortho intramolecular Hbond substituents is 2. The van der Waals surface area contributed by atoms with Crippen molar-refractivity contribution in [3.8, 4) is 17.2 Å². The number of carbonyl (C=O) groups excluding carboxylic acids is 3. The number of aliphatic hydroxyl groups excluding tert-OH is 1. The molecule has 0 saturated carbocycles. The molecule has 2 aromatic rings. The minimum absolute atomic E-state index is 0.0779. The summed E-state index contributed by atoms with van der Waals surface area (Å²) >= 11 is 0. The van der Waals surface area contributed by atoms with Gasteiger partial charge in [0.25, 0.3) is 0 Å². The molecule has 0 heterocycles. The molecule has 8 nitrogen and oxygen atoms in total. The predicted octanol–water partition coefficient (Wildman–Crippen LogP) is 6.73. The number of allylic oxidation sites excluding steroid dienone is 2. The van der Waals surface area contributed by atoms with Crippen molar-refractivity contribution < 1.29 is 39.2 Å². The van der Waals surface area contributed by atoms with Crippen molar-refractivity contribution in [3.63, 3.8) is 0 Å². The van der Waals surface area contributed by atoms with E-state index < -0.39 is 17.7 Å². The molecule has 0 bridgehead atoms. The Kier molecular flexibility index (Phi) is 14.3. The molecule has 0 radical (unpaired) electrons. The van der Waals surface area contributed by atoms with Crippen LogP contribution in [-0.2, 0) is 9.53 Å². The zero-order chi connectivity index (χ0) is 31.1. The van der Waals surface area contributed by atoms with Crippen LogP contribution in [0.5, 0.6) is 17.2 Å². The van der Waals surface area contributed by atoms with E-state index in [0.717, 1.165) is 47.9 Å². The summed E-state index contributed by atoms with van der Waals surface area (Å²) in [6.45, 7) is 6.43. The van der Waals surface area contributed by atoms with Crippen molar-refractivity contribution in [1.29, 1.82) is 0 Å². The average Bonchev–Trinajstić information content (AvgIpc) is 2.97. The Morgan fingerprint density at radius 1 is 0.905 bits per heavy atom. The van der Waals surface area contributed by atoms with E-state index in [9.17, 15) is 29.7 Å². The van der Waals surface area contributed by atoms with Crippen LogP contribution >= 0.6 is 0 Å². The Hall–Kier alpha value is -4.17. The predicted molar refractivity (Wildman–Crippen MR) is 163 cm³/mol. The zero-order valence-electron chi connectivity index (χ0n) is 24.9. The number of aliphatic hydroxyl groups is 1. The van der Waals surface area contributed by atoms with E-state index in [1.807, 2.05) is 38.1 Å². The highest BCUT2D eigenvalue weighted by Crippen LogP contribution is 2.35. The molecule has 1 aliphatic carbocycles. The van der Waals surface area contributed by atoms with Gasteiger partial charge in [0.1, 0.15) is 17.2 Å². The minimum Gasteiger partial charge on any atom is -0.507 e. The van der Waals surface area contributed by atoms with Gasteiger partial charge >= 0.3 is 5.97 Å². The van der Waals surface area contributed by atoms with E-state index in [2.05, 4.69) is 6.92 Å². The van der Waals surface area contributed by atoms with Crippen LogP contribution in [0.4, 0.5) is 0 Å². The number of hydrogen-bond acceptors (Lipinski definition) is 8. The maximum absolute atomic E-state index is 12.3. The summed E-state index contributed by atoms with van der Waals surface area (Å²) in [6, 6.07) is 9.82. The highest BCUT2D eigenvalue weighted by atomic mass is 16.5. The molecular weight excluding hydrogens is 536 g/mol. The summed E-state index contributed by atoms with van der Waals surface area (Å²) in [6.07, 6.45) is 12.2. The molecule has 0 spiro atoms. The first kappa shape index (κ1) is 34.0. The summed E-state index contributed by atoms with van der Waals surface area (Å²) in [5, 5.41) is 29.5. The number of esters is 1. The third-order valence-corrected chi connectivity index (χ3v) is 6.56. The second-order valence-electron chi connectivity index (χ2n) is 10.2. The Labute approximate surface area is 248 Å². The third-order valence-electron chi connectivity index (χ3n) is 6.56. The van der Waals surface area contributed by atoms with Crippen LogP contribution in [0.25, 0.3) is 6.08 Å². The molecule has 2 aromatic carbocycles. The lowest BCUT2D eigenvalue weighted by Gasteiger charge is -2.20. The maximum Gasteiger partial charge on any atom is 0.330 e. The number of hydrogen-bond donors (Lipinski definition) is 3. The molecule has 0 saturated heterocycles. The van der Waals surface area contributed by atoms with Gasteiger partial charge in [-0.05, 0) is 68.7 Å². The number of Topliss-reactive ketones (excluding diaryl/α,β-unsaturated/α-hetero) is 1. The molecule has 3 N–H and O–H groups in total. The Morgan fingerprint density at radius 3 is 2.14 bits per heavy atom. The molecule has 3 rings (SSSR count). The fraction of sp³-hybridized carbons (Fsp3) is 0.382. The second kappa shape index (κ2) is 17.6. The fourth-order valence-electron chi connectivity index (χ4n) is 4.19. The number of benzene rings is 2. The van der Waals surface area contributed by atoms with E-state index in [-0.39, 0.29) is 40.6 Å². The number of phenols is 2. The molecule has 226 valence electrons. The van der Waals surface area contributed by atoms with E-state index >= 15 is 0 Å². The van der Waals surface area contributed by atoms with Gasteiger partial charge in [-0.15, -0.1) is 0 Å². The van der Waals surface area contributed by atoms with Crippen LogP contribution in [0.15, 0.2) is 65.8 Å². The number of aromatic hydroxyl groups is 2. The summed E-state index contributed by atoms with van der Waals surface area (Å²) in [4.78, 5) is 35.9. The highest BCUT2D eigenvalue weighted by Gasteiger charge is 2.33. The van der Waals surface area contributed by atoms with Crippen molar-refractivity contribution in [2.45, 2.75) is 71.8 Å². The van der Waals surface area contributed by atoms with Gasteiger partial charge in [-0.1, -0.05) is 62.8 Å². The number of ketones is 2. The average molecular weight is 579 g/mol. The lowest BCUT2D eigenvalue weighted by atomic mass is 9.85. The van der Waals surface area contributed by atoms with Crippen molar-refractivity contribution in [3.05, 3.63) is 82.5 Å². The first-order valence-corrected chi connectivity index (χ1v) is 14.2. The lowest BCUT2D eigenvalue weighted by Crippen LogP contribution is -2.25. The molecule has 8 heteroatoms. The quantitative estimate of drug-likeness (QED) is 0.0784. The summed E-state index contributed by atoms with van der Waals surface area (Å²) in [7, 11) is 1.63. The Balaban J connectivity index is 0.000000293. The second-order valence-corrected chi connectivity index (χ2v) is 10.2. The SMILES string of the molecule is CC(C)=CCC(O)C1=CC(=O)c2c(O)ccc(O)c2C1=O.CCCCCCCCOC(=O)C=Cc1ccc(OC)cc1. The number of fused-ring (bicyclic) bond motifs is 1. The topological polar surface area (TPSA) is 130 Å². The smallest absolute Gasteiger partial charge is 0.330 e. The molecule has 0 amide bonds. The normalized spacial score (nSPS) is 13.0. The van der Waals surface area contributed by atoms with E-state index in [1.165, 1.54) is 31.8 Å². The molecule has 1 aliphatic rings. The zero-order valence-corrected chi connectivity index (χ0v) is 24.9. The number of carbonyl (C=O) groups is 3. The van der Waals surface area contributed by atoms with Crippen molar-refractivity contribution in [2.75, 3.05) is 13.7 Å². The number of ether oxygens (including phenoxy) is 2. The molecule has 1 atom stereocenters. The van der Waals surface area contributed by atoms with Crippen molar-refractivity contribution >= 4 is 23.6 Å². The molecular formula is C34H42O8. The van der Waals surface area contributed by atoms with Crippen LogP contribution in [0, 0.1) is 0 Å². The first-order valence-electron chi connectivity index (χ1n) is 14.2. The molecule has 1 unspecified atom stereocenters. The van der Waals surface area contributed by atoms with E-state index in [0.29, 0.717) is 6.61 Å².